The van der Waals surface area contributed by atoms with Crippen LogP contribution in [0.2, 0.25) is 5.02 Å². The van der Waals surface area contributed by atoms with E-state index in [1.165, 1.54) is 0 Å². The van der Waals surface area contributed by atoms with E-state index in [0.29, 0.717) is 5.02 Å². The molecule has 0 saturated carbocycles. The topological polar surface area (TPSA) is 40.7 Å². The van der Waals surface area contributed by atoms with Crippen LogP contribution in [0.15, 0.2) is 42.7 Å². The average Bonchev–Trinajstić information content (AvgIpc) is 2.83. The van der Waals surface area contributed by atoms with E-state index >= 15 is 0 Å². The summed E-state index contributed by atoms with van der Waals surface area (Å²) in [5.41, 5.74) is 3.18. The van der Waals surface area contributed by atoms with Gasteiger partial charge in [-0.25, -0.2) is 4.98 Å². The molecule has 3 aromatic rings. The molecule has 0 aliphatic heterocycles. The van der Waals surface area contributed by atoms with Crippen LogP contribution in [0, 0.1) is 0 Å². The lowest BCUT2D eigenvalue weighted by Gasteiger charge is -2.05. The third-order valence-electron chi connectivity index (χ3n) is 2.99. The highest BCUT2D eigenvalue weighted by Crippen LogP contribution is 2.34. The Morgan fingerprint density at radius 2 is 2.06 bits per heavy atom. The molecule has 0 aliphatic rings. The summed E-state index contributed by atoms with van der Waals surface area (Å²) in [5.74, 6) is 0.805. The first-order chi connectivity index (χ1) is 8.79. The molecule has 90 valence electrons. The fourth-order valence-corrected chi connectivity index (χ4v) is 2.28. The molecule has 3 rings (SSSR count). The number of rotatable bonds is 2. The van der Waals surface area contributed by atoms with Gasteiger partial charge in [-0.1, -0.05) is 29.8 Å². The summed E-state index contributed by atoms with van der Waals surface area (Å²) in [6.07, 6.45) is 3.65. The minimum absolute atomic E-state index is 0.652. The summed E-state index contributed by atoms with van der Waals surface area (Å²) in [7, 11) is 1.84. The fraction of sp³-hybridized carbons (Fsp3) is 0.0714. The molecule has 0 saturated heterocycles. The molecule has 2 heterocycles. The van der Waals surface area contributed by atoms with Gasteiger partial charge in [0.2, 0.25) is 0 Å². The van der Waals surface area contributed by atoms with Crippen molar-refractivity contribution in [1.82, 2.24) is 9.97 Å². The van der Waals surface area contributed by atoms with Crippen LogP contribution in [0.1, 0.15) is 0 Å². The number of hydrogen-bond acceptors (Lipinski definition) is 2. The summed E-state index contributed by atoms with van der Waals surface area (Å²) >= 11 is 6.24. The van der Waals surface area contributed by atoms with Gasteiger partial charge in [0.25, 0.3) is 0 Å². The number of pyridine rings is 1. The lowest BCUT2D eigenvalue weighted by molar-refractivity contribution is 1.29. The van der Waals surface area contributed by atoms with Crippen molar-refractivity contribution in [1.29, 1.82) is 0 Å². The molecule has 0 aliphatic carbocycles. The Bertz CT molecular complexity index is 703. The zero-order valence-corrected chi connectivity index (χ0v) is 10.6. The number of fused-ring (bicyclic) bond motifs is 1. The molecule has 0 spiro atoms. The Labute approximate surface area is 110 Å². The Hall–Kier alpha value is -2.00. The molecule has 0 bridgehead atoms. The summed E-state index contributed by atoms with van der Waals surface area (Å²) in [6, 6.07) is 10.1. The summed E-state index contributed by atoms with van der Waals surface area (Å²) in [5, 5.41) is 4.84. The fourth-order valence-electron chi connectivity index (χ4n) is 2.08. The number of H-pyrrole nitrogens is 1. The van der Waals surface area contributed by atoms with Crippen LogP contribution in [0.5, 0.6) is 0 Å². The van der Waals surface area contributed by atoms with Gasteiger partial charge in [-0.05, 0) is 12.1 Å². The van der Waals surface area contributed by atoms with Crippen LogP contribution in [0.25, 0.3) is 22.0 Å². The SMILES string of the molecule is CNc1cc(-c2c[nH]c3ccccc23)c(Cl)cn1. The van der Waals surface area contributed by atoms with E-state index in [0.717, 1.165) is 27.8 Å². The maximum Gasteiger partial charge on any atom is 0.126 e. The molecule has 0 atom stereocenters. The highest BCUT2D eigenvalue weighted by Gasteiger charge is 2.10. The third-order valence-corrected chi connectivity index (χ3v) is 3.29. The smallest absolute Gasteiger partial charge is 0.126 e. The largest absolute Gasteiger partial charge is 0.373 e. The zero-order chi connectivity index (χ0) is 12.5. The first-order valence-electron chi connectivity index (χ1n) is 5.69. The zero-order valence-electron chi connectivity index (χ0n) is 9.87. The number of nitrogens with one attached hydrogen (secondary N) is 2. The van der Waals surface area contributed by atoms with Gasteiger partial charge >= 0.3 is 0 Å². The first kappa shape index (κ1) is 11.1. The molecule has 1 aromatic carbocycles. The number of para-hydroxylation sites is 1. The molecule has 0 radical (unpaired) electrons. The molecular weight excluding hydrogens is 246 g/mol. The quantitative estimate of drug-likeness (QED) is 0.730. The number of hydrogen-bond donors (Lipinski definition) is 2. The molecule has 4 heteroatoms. The Balaban J connectivity index is 2.25. The van der Waals surface area contributed by atoms with Crippen LogP contribution >= 0.6 is 11.6 Å². The monoisotopic (exact) mass is 257 g/mol. The molecule has 0 amide bonds. The minimum atomic E-state index is 0.652. The molecule has 2 aromatic heterocycles. The number of anilines is 1. The summed E-state index contributed by atoms with van der Waals surface area (Å²) in [4.78, 5) is 7.45. The van der Waals surface area contributed by atoms with Crippen LogP contribution in [0.4, 0.5) is 5.82 Å². The number of nitrogens with zero attached hydrogens (tertiary/aromatic N) is 1. The lowest BCUT2D eigenvalue weighted by atomic mass is 10.1. The predicted octanol–water partition coefficient (Wildman–Crippen LogP) is 3.93. The molecular formula is C14H12ClN3. The van der Waals surface area contributed by atoms with Crippen molar-refractivity contribution in [2.45, 2.75) is 0 Å². The van der Waals surface area contributed by atoms with E-state index in [1.54, 1.807) is 6.20 Å². The van der Waals surface area contributed by atoms with Gasteiger partial charge in [0.15, 0.2) is 0 Å². The number of aromatic amines is 1. The number of benzene rings is 1. The molecule has 0 fully saturated rings. The normalized spacial score (nSPS) is 10.8. The van der Waals surface area contributed by atoms with Crippen molar-refractivity contribution >= 4 is 28.3 Å². The van der Waals surface area contributed by atoms with Crippen LogP contribution in [-0.4, -0.2) is 17.0 Å². The third kappa shape index (κ3) is 1.73. The Morgan fingerprint density at radius 1 is 1.22 bits per heavy atom. The number of halogens is 1. The standard InChI is InChI=1S/C14H12ClN3/c1-16-14-6-10(12(15)8-18-14)11-7-17-13-5-3-2-4-9(11)13/h2-8,17H,1H3,(H,16,18). The predicted molar refractivity (Wildman–Crippen MR) is 76.1 cm³/mol. The van der Waals surface area contributed by atoms with Crippen LogP contribution < -0.4 is 5.32 Å². The van der Waals surface area contributed by atoms with Crippen LogP contribution in [0.3, 0.4) is 0 Å². The van der Waals surface area contributed by atoms with Gasteiger partial charge in [-0.3, -0.25) is 0 Å². The second kappa shape index (κ2) is 4.35. The van der Waals surface area contributed by atoms with E-state index in [1.807, 2.05) is 37.5 Å². The van der Waals surface area contributed by atoms with Crippen molar-refractivity contribution in [3.8, 4) is 11.1 Å². The minimum Gasteiger partial charge on any atom is -0.373 e. The van der Waals surface area contributed by atoms with Crippen LogP contribution in [-0.2, 0) is 0 Å². The van der Waals surface area contributed by atoms with Crippen molar-refractivity contribution in [2.75, 3.05) is 12.4 Å². The van der Waals surface area contributed by atoms with Gasteiger partial charge < -0.3 is 10.3 Å². The van der Waals surface area contributed by atoms with Crippen molar-refractivity contribution < 1.29 is 0 Å². The van der Waals surface area contributed by atoms with E-state index < -0.39 is 0 Å². The first-order valence-corrected chi connectivity index (χ1v) is 6.07. The van der Waals surface area contributed by atoms with Gasteiger partial charge in [0.05, 0.1) is 5.02 Å². The second-order valence-corrected chi connectivity index (χ2v) is 4.45. The number of aromatic nitrogens is 2. The Morgan fingerprint density at radius 3 is 2.89 bits per heavy atom. The van der Waals surface area contributed by atoms with E-state index in [-0.39, 0.29) is 0 Å². The molecule has 0 unspecified atom stereocenters. The van der Waals surface area contributed by atoms with E-state index in [2.05, 4.69) is 21.4 Å². The van der Waals surface area contributed by atoms with Gasteiger partial charge in [0.1, 0.15) is 5.82 Å². The second-order valence-electron chi connectivity index (χ2n) is 4.05. The molecule has 2 N–H and O–H groups in total. The maximum atomic E-state index is 6.24. The maximum absolute atomic E-state index is 6.24. The van der Waals surface area contributed by atoms with Crippen molar-refractivity contribution in [3.63, 3.8) is 0 Å². The van der Waals surface area contributed by atoms with E-state index in [4.69, 9.17) is 11.6 Å². The molecule has 3 nitrogen and oxygen atoms in total. The van der Waals surface area contributed by atoms with Crippen molar-refractivity contribution in [2.24, 2.45) is 0 Å². The van der Waals surface area contributed by atoms with Gasteiger partial charge in [-0.15, -0.1) is 0 Å². The molecule has 18 heavy (non-hydrogen) atoms. The summed E-state index contributed by atoms with van der Waals surface area (Å²) < 4.78 is 0. The highest BCUT2D eigenvalue weighted by molar-refractivity contribution is 6.33. The van der Waals surface area contributed by atoms with E-state index in [9.17, 15) is 0 Å². The van der Waals surface area contributed by atoms with Crippen molar-refractivity contribution in [3.05, 3.63) is 47.7 Å². The highest BCUT2D eigenvalue weighted by atomic mass is 35.5. The lowest BCUT2D eigenvalue weighted by Crippen LogP contribution is -1.92. The van der Waals surface area contributed by atoms with Gasteiger partial charge in [0, 0.05) is 41.5 Å². The Kier molecular flexibility index (Phi) is 2.68. The van der Waals surface area contributed by atoms with Gasteiger partial charge in [-0.2, -0.15) is 0 Å². The summed E-state index contributed by atoms with van der Waals surface area (Å²) in [6.45, 7) is 0. The average molecular weight is 258 g/mol.